The number of amides is 2. The summed E-state index contributed by atoms with van der Waals surface area (Å²) in [6.07, 6.45) is 1.12. The summed E-state index contributed by atoms with van der Waals surface area (Å²) in [5.74, 6) is 1.12. The van der Waals surface area contributed by atoms with E-state index in [2.05, 4.69) is 5.32 Å². The molecule has 6 nitrogen and oxygen atoms in total. The minimum atomic E-state index is -0.483. The summed E-state index contributed by atoms with van der Waals surface area (Å²) in [6.45, 7) is 2.47. The zero-order valence-electron chi connectivity index (χ0n) is 16.2. The van der Waals surface area contributed by atoms with E-state index in [4.69, 9.17) is 9.47 Å². The van der Waals surface area contributed by atoms with Gasteiger partial charge in [0.2, 0.25) is 0 Å². The largest absolute Gasteiger partial charge is 0.493 e. The van der Waals surface area contributed by atoms with E-state index in [9.17, 15) is 14.3 Å². The van der Waals surface area contributed by atoms with Crippen molar-refractivity contribution in [1.82, 2.24) is 4.90 Å². The van der Waals surface area contributed by atoms with Crippen molar-refractivity contribution in [2.24, 2.45) is 5.92 Å². The van der Waals surface area contributed by atoms with Crippen molar-refractivity contribution in [3.8, 4) is 17.2 Å². The van der Waals surface area contributed by atoms with Gasteiger partial charge < -0.3 is 24.8 Å². The molecule has 2 aromatic carbocycles. The lowest BCUT2D eigenvalue weighted by molar-refractivity contribution is 0.0332. The number of hydrogen-bond donors (Lipinski definition) is 2. The molecule has 1 aliphatic carbocycles. The number of urea groups is 1. The smallest absolute Gasteiger partial charge is 0.321 e. The van der Waals surface area contributed by atoms with E-state index in [0.717, 1.165) is 5.56 Å². The number of nitrogens with one attached hydrogen (secondary N) is 1. The number of hydrogen-bond acceptors (Lipinski definition) is 4. The molecular weight excluding hydrogens is 363 g/mol. The maximum atomic E-state index is 13.8. The van der Waals surface area contributed by atoms with Crippen LogP contribution in [0.4, 0.5) is 14.9 Å². The predicted octanol–water partition coefficient (Wildman–Crippen LogP) is 4.17. The quantitative estimate of drug-likeness (QED) is 0.779. The highest BCUT2D eigenvalue weighted by Crippen LogP contribution is 2.36. The second-order valence-electron chi connectivity index (χ2n) is 7.20. The first-order valence-electron chi connectivity index (χ1n) is 9.18. The van der Waals surface area contributed by atoms with E-state index in [-0.39, 0.29) is 23.7 Å². The van der Waals surface area contributed by atoms with E-state index < -0.39 is 5.82 Å². The Morgan fingerprint density at radius 1 is 1.21 bits per heavy atom. The van der Waals surface area contributed by atoms with Gasteiger partial charge in [0, 0.05) is 19.7 Å². The number of carbonyl (C=O) groups excluding carboxylic acids is 1. The Morgan fingerprint density at radius 3 is 2.61 bits per heavy atom. The van der Waals surface area contributed by atoms with Gasteiger partial charge in [-0.15, -0.1) is 0 Å². The zero-order chi connectivity index (χ0) is 20.3. The number of rotatable bonds is 6. The third-order valence-electron chi connectivity index (χ3n) is 4.81. The van der Waals surface area contributed by atoms with Crippen LogP contribution in [0.5, 0.6) is 17.2 Å². The third kappa shape index (κ3) is 4.72. The molecule has 3 rings (SSSR count). The normalized spacial score (nSPS) is 18.2. The van der Waals surface area contributed by atoms with Crippen LogP contribution in [0.3, 0.4) is 0 Å². The number of aryl methyl sites for hydroxylation is 1. The Bertz CT molecular complexity index is 852. The summed E-state index contributed by atoms with van der Waals surface area (Å²) in [5.41, 5.74) is 1.24. The number of nitrogens with zero attached hydrogens (tertiary/aromatic N) is 1. The van der Waals surface area contributed by atoms with Gasteiger partial charge in [0.05, 0.1) is 18.9 Å². The van der Waals surface area contributed by atoms with Gasteiger partial charge in [-0.3, -0.25) is 0 Å². The molecule has 0 atom stereocenters. The molecule has 150 valence electrons. The molecule has 0 spiro atoms. The van der Waals surface area contributed by atoms with E-state index >= 15 is 0 Å². The molecule has 0 saturated heterocycles. The number of benzene rings is 2. The average Bonchev–Trinajstić information content (AvgIpc) is 2.63. The minimum absolute atomic E-state index is 0.230. The highest BCUT2D eigenvalue weighted by Gasteiger charge is 2.29. The van der Waals surface area contributed by atoms with Crippen molar-refractivity contribution >= 4 is 11.7 Å². The standard InChI is InChI=1S/C21H25FN2O4/c1-13-4-6-19(20(8-13)27-3)28-18-7-5-15(22)11-17(18)23-21(26)24(2)12-14-9-16(25)10-14/h4-8,11,14,16,25H,9-10,12H2,1-3H3,(H,23,26). The molecule has 1 aliphatic rings. The van der Waals surface area contributed by atoms with Crippen LogP contribution in [0.1, 0.15) is 18.4 Å². The highest BCUT2D eigenvalue weighted by atomic mass is 19.1. The summed E-state index contributed by atoms with van der Waals surface area (Å²) in [6, 6.07) is 9.05. The molecule has 28 heavy (non-hydrogen) atoms. The van der Waals surface area contributed by atoms with Crippen molar-refractivity contribution in [2.45, 2.75) is 25.9 Å². The van der Waals surface area contributed by atoms with Crippen LogP contribution in [0.2, 0.25) is 0 Å². The molecule has 0 unspecified atom stereocenters. The van der Waals surface area contributed by atoms with E-state index in [1.807, 2.05) is 19.1 Å². The van der Waals surface area contributed by atoms with Crippen molar-refractivity contribution in [3.05, 3.63) is 47.8 Å². The maximum Gasteiger partial charge on any atom is 0.321 e. The van der Waals surface area contributed by atoms with E-state index in [1.165, 1.54) is 23.1 Å². The Balaban J connectivity index is 1.74. The Morgan fingerprint density at radius 2 is 1.93 bits per heavy atom. The number of ether oxygens (including phenoxy) is 2. The van der Waals surface area contributed by atoms with Crippen LogP contribution in [-0.2, 0) is 0 Å². The number of aliphatic hydroxyl groups excluding tert-OH is 1. The molecule has 1 saturated carbocycles. The molecule has 0 bridgehead atoms. The summed E-state index contributed by atoms with van der Waals surface area (Å²) in [7, 11) is 3.21. The van der Waals surface area contributed by atoms with Gasteiger partial charge in [-0.05, 0) is 55.5 Å². The molecule has 7 heteroatoms. The Kier molecular flexibility index (Phi) is 6.04. The van der Waals surface area contributed by atoms with Crippen LogP contribution in [0, 0.1) is 18.7 Å². The van der Waals surface area contributed by atoms with Crippen LogP contribution in [-0.4, -0.2) is 42.8 Å². The first-order valence-corrected chi connectivity index (χ1v) is 9.18. The second kappa shape index (κ2) is 8.48. The molecule has 0 radical (unpaired) electrons. The van der Waals surface area contributed by atoms with Crippen molar-refractivity contribution in [1.29, 1.82) is 0 Å². The number of anilines is 1. The summed E-state index contributed by atoms with van der Waals surface area (Å²) >= 11 is 0. The van der Waals surface area contributed by atoms with Gasteiger partial charge in [-0.1, -0.05) is 6.07 Å². The van der Waals surface area contributed by atoms with Gasteiger partial charge in [0.15, 0.2) is 17.2 Å². The van der Waals surface area contributed by atoms with E-state index in [1.54, 1.807) is 20.2 Å². The van der Waals surface area contributed by atoms with Crippen molar-refractivity contribution in [2.75, 3.05) is 26.0 Å². The van der Waals surface area contributed by atoms with Crippen LogP contribution < -0.4 is 14.8 Å². The summed E-state index contributed by atoms with van der Waals surface area (Å²) in [4.78, 5) is 14.0. The lowest BCUT2D eigenvalue weighted by Crippen LogP contribution is -2.41. The van der Waals surface area contributed by atoms with E-state index in [0.29, 0.717) is 36.6 Å². The molecule has 2 N–H and O–H groups in total. The second-order valence-corrected chi connectivity index (χ2v) is 7.20. The average molecular weight is 388 g/mol. The highest BCUT2D eigenvalue weighted by molar-refractivity contribution is 5.91. The lowest BCUT2D eigenvalue weighted by Gasteiger charge is -2.34. The summed E-state index contributed by atoms with van der Waals surface area (Å²) in [5, 5.41) is 12.1. The Hall–Kier alpha value is -2.80. The topological polar surface area (TPSA) is 71.0 Å². The van der Waals surface area contributed by atoms with Gasteiger partial charge >= 0.3 is 6.03 Å². The zero-order valence-corrected chi connectivity index (χ0v) is 16.2. The first-order chi connectivity index (χ1) is 13.4. The monoisotopic (exact) mass is 388 g/mol. The molecule has 1 fully saturated rings. The molecule has 2 aromatic rings. The molecule has 2 amide bonds. The Labute approximate surface area is 163 Å². The SMILES string of the molecule is COc1cc(C)ccc1Oc1ccc(F)cc1NC(=O)N(C)CC1CC(O)C1. The summed E-state index contributed by atoms with van der Waals surface area (Å²) < 4.78 is 25.0. The fourth-order valence-electron chi connectivity index (χ4n) is 3.20. The van der Waals surface area contributed by atoms with Gasteiger partial charge in [0.25, 0.3) is 0 Å². The van der Waals surface area contributed by atoms with Crippen LogP contribution in [0.25, 0.3) is 0 Å². The number of halogens is 1. The van der Waals surface area contributed by atoms with Crippen molar-refractivity contribution in [3.63, 3.8) is 0 Å². The molecule has 0 aliphatic heterocycles. The fraction of sp³-hybridized carbons (Fsp3) is 0.381. The lowest BCUT2D eigenvalue weighted by atomic mass is 9.82. The maximum absolute atomic E-state index is 13.8. The molecular formula is C21H25FN2O4. The third-order valence-corrected chi connectivity index (χ3v) is 4.81. The fourth-order valence-corrected chi connectivity index (χ4v) is 3.20. The number of aliphatic hydroxyl groups is 1. The van der Waals surface area contributed by atoms with Gasteiger partial charge in [-0.2, -0.15) is 0 Å². The molecule has 0 heterocycles. The first kappa shape index (κ1) is 19.9. The van der Waals surface area contributed by atoms with Crippen molar-refractivity contribution < 1.29 is 23.8 Å². The van der Waals surface area contributed by atoms with Crippen LogP contribution >= 0.6 is 0 Å². The minimum Gasteiger partial charge on any atom is -0.493 e. The van der Waals surface area contributed by atoms with Gasteiger partial charge in [-0.25, -0.2) is 9.18 Å². The molecule has 0 aromatic heterocycles. The van der Waals surface area contributed by atoms with Crippen LogP contribution in [0.15, 0.2) is 36.4 Å². The predicted molar refractivity (Wildman–Crippen MR) is 105 cm³/mol. The number of carbonyl (C=O) groups is 1. The number of methoxy groups -OCH3 is 1. The van der Waals surface area contributed by atoms with Gasteiger partial charge in [0.1, 0.15) is 5.82 Å².